The molecule has 8 heteroatoms. The summed E-state index contributed by atoms with van der Waals surface area (Å²) in [6.07, 6.45) is 2.40. The number of likely N-dealkylation sites (tertiary alicyclic amines) is 1. The van der Waals surface area contributed by atoms with Gasteiger partial charge in [0.2, 0.25) is 0 Å². The Morgan fingerprint density at radius 2 is 2.06 bits per heavy atom. The van der Waals surface area contributed by atoms with Crippen LogP contribution in [0, 0.1) is 12.7 Å². The van der Waals surface area contributed by atoms with Gasteiger partial charge in [0, 0.05) is 30.7 Å². The average molecular weight is 442 g/mol. The molecule has 3 aromatic rings. The van der Waals surface area contributed by atoms with Crippen LogP contribution in [0.5, 0.6) is 11.5 Å². The van der Waals surface area contributed by atoms with Crippen LogP contribution in [0.1, 0.15) is 22.6 Å². The van der Waals surface area contributed by atoms with Gasteiger partial charge >= 0.3 is 6.03 Å². The molecule has 6 nitrogen and oxygen atoms in total. The van der Waals surface area contributed by atoms with Crippen LogP contribution in [0.4, 0.5) is 14.9 Å². The normalized spacial score (nSPS) is 18.1. The van der Waals surface area contributed by atoms with Crippen molar-refractivity contribution in [1.29, 1.82) is 0 Å². The van der Waals surface area contributed by atoms with Gasteiger partial charge in [-0.05, 0) is 42.7 Å². The molecule has 1 aromatic heterocycles. The Bertz CT molecular complexity index is 1090. The molecule has 0 radical (unpaired) electrons. The second kappa shape index (κ2) is 8.55. The zero-order chi connectivity index (χ0) is 22.0. The van der Waals surface area contributed by atoms with Crippen molar-refractivity contribution in [3.05, 3.63) is 69.9 Å². The summed E-state index contributed by atoms with van der Waals surface area (Å²) in [6, 6.07) is 10.3. The Kier molecular flexibility index (Phi) is 5.82. The lowest BCUT2D eigenvalue weighted by atomic mass is 9.80. The molecule has 2 amide bonds. The third-order valence-corrected chi connectivity index (χ3v) is 6.75. The summed E-state index contributed by atoms with van der Waals surface area (Å²) in [4.78, 5) is 19.4. The van der Waals surface area contributed by atoms with Crippen molar-refractivity contribution in [2.45, 2.75) is 18.8 Å². The Balaban J connectivity index is 1.62. The Morgan fingerprint density at radius 3 is 2.74 bits per heavy atom. The van der Waals surface area contributed by atoms with E-state index in [9.17, 15) is 9.18 Å². The summed E-state index contributed by atoms with van der Waals surface area (Å²) in [6.45, 7) is 2.67. The molecule has 0 spiro atoms. The van der Waals surface area contributed by atoms with E-state index in [4.69, 9.17) is 9.47 Å². The van der Waals surface area contributed by atoms with E-state index in [-0.39, 0.29) is 11.8 Å². The van der Waals surface area contributed by atoms with Crippen LogP contribution >= 0.6 is 11.3 Å². The van der Waals surface area contributed by atoms with Gasteiger partial charge < -0.3 is 19.7 Å². The van der Waals surface area contributed by atoms with Crippen molar-refractivity contribution in [3.8, 4) is 11.5 Å². The van der Waals surface area contributed by atoms with Gasteiger partial charge in [0.15, 0.2) is 0 Å². The lowest BCUT2D eigenvalue weighted by molar-refractivity contribution is 0.220. The summed E-state index contributed by atoms with van der Waals surface area (Å²) >= 11 is 1.52. The summed E-state index contributed by atoms with van der Waals surface area (Å²) in [7, 11) is 3.11. The number of hydrogen-bond acceptors (Lipinski definition) is 5. The lowest BCUT2D eigenvalue weighted by Crippen LogP contribution is -2.37. The standard InChI is InChI=1S/C23H24FN3O3S/c1-15-4-5-16(12-18(15)24)23(21-25-9-11-31-21)8-10-27(14-23)22(28)26-19-13-17(29-2)6-7-20(19)30-3/h4-7,9,11-13H,8,10,14H2,1-3H3,(H,26,28)/t23-/m0/s1. The van der Waals surface area contributed by atoms with Crippen LogP contribution in [0.2, 0.25) is 0 Å². The largest absolute Gasteiger partial charge is 0.497 e. The molecule has 2 aromatic carbocycles. The Labute approximate surface area is 184 Å². The number of carbonyl (C=O) groups is 1. The first-order chi connectivity index (χ1) is 15.0. The number of benzene rings is 2. The van der Waals surface area contributed by atoms with Crippen molar-refractivity contribution in [3.63, 3.8) is 0 Å². The quantitative estimate of drug-likeness (QED) is 0.616. The molecule has 1 aliphatic heterocycles. The molecule has 1 atom stereocenters. The fourth-order valence-corrected chi connectivity index (χ4v) is 4.86. The molecule has 1 saturated heterocycles. The van der Waals surface area contributed by atoms with E-state index in [1.807, 2.05) is 11.4 Å². The SMILES string of the molecule is COc1ccc(OC)c(NC(=O)N2CC[C@](c3ccc(C)c(F)c3)(c3nccs3)C2)c1. The highest BCUT2D eigenvalue weighted by Gasteiger charge is 2.45. The van der Waals surface area contributed by atoms with E-state index < -0.39 is 5.41 Å². The fraction of sp³-hybridized carbons (Fsp3) is 0.304. The highest BCUT2D eigenvalue weighted by molar-refractivity contribution is 7.09. The maximum Gasteiger partial charge on any atom is 0.321 e. The minimum Gasteiger partial charge on any atom is -0.497 e. The molecule has 4 rings (SSSR count). The highest BCUT2D eigenvalue weighted by Crippen LogP contribution is 2.42. The van der Waals surface area contributed by atoms with E-state index >= 15 is 0 Å². The zero-order valence-electron chi connectivity index (χ0n) is 17.6. The number of amides is 2. The maximum atomic E-state index is 14.4. The van der Waals surface area contributed by atoms with E-state index in [1.165, 1.54) is 11.3 Å². The van der Waals surface area contributed by atoms with Crippen LogP contribution in [0.15, 0.2) is 48.0 Å². The van der Waals surface area contributed by atoms with Gasteiger partial charge in [-0.25, -0.2) is 14.2 Å². The van der Waals surface area contributed by atoms with Gasteiger partial charge in [0.1, 0.15) is 22.3 Å². The summed E-state index contributed by atoms with van der Waals surface area (Å²) in [5, 5.41) is 5.71. The summed E-state index contributed by atoms with van der Waals surface area (Å²) in [5.41, 5.74) is 1.41. The Hall–Kier alpha value is -3.13. The van der Waals surface area contributed by atoms with Crippen molar-refractivity contribution < 1.29 is 18.7 Å². The van der Waals surface area contributed by atoms with Gasteiger partial charge in [-0.1, -0.05) is 12.1 Å². The molecule has 31 heavy (non-hydrogen) atoms. The van der Waals surface area contributed by atoms with Crippen molar-refractivity contribution >= 4 is 23.1 Å². The number of methoxy groups -OCH3 is 2. The number of aromatic nitrogens is 1. The first-order valence-corrected chi connectivity index (χ1v) is 10.8. The smallest absolute Gasteiger partial charge is 0.321 e. The number of nitrogens with one attached hydrogen (secondary N) is 1. The highest BCUT2D eigenvalue weighted by atomic mass is 32.1. The molecule has 162 valence electrons. The number of carbonyl (C=O) groups excluding carboxylic acids is 1. The number of nitrogens with zero attached hydrogens (tertiary/aromatic N) is 2. The number of aryl methyl sites for hydroxylation is 1. The first kappa shape index (κ1) is 21.1. The molecule has 0 bridgehead atoms. The first-order valence-electron chi connectivity index (χ1n) is 9.91. The van der Waals surface area contributed by atoms with Gasteiger partial charge in [-0.2, -0.15) is 0 Å². The third-order valence-electron chi connectivity index (χ3n) is 5.77. The number of anilines is 1. The van der Waals surface area contributed by atoms with Crippen molar-refractivity contribution in [2.24, 2.45) is 0 Å². The second-order valence-corrected chi connectivity index (χ2v) is 8.45. The number of rotatable bonds is 5. The second-order valence-electron chi connectivity index (χ2n) is 7.55. The van der Waals surface area contributed by atoms with Gasteiger partial charge in [0.25, 0.3) is 0 Å². The molecule has 0 aliphatic carbocycles. The van der Waals surface area contributed by atoms with Crippen LogP contribution in [0.3, 0.4) is 0 Å². The number of ether oxygens (including phenoxy) is 2. The van der Waals surface area contributed by atoms with Gasteiger partial charge in [-0.3, -0.25) is 0 Å². The monoisotopic (exact) mass is 441 g/mol. The minimum absolute atomic E-state index is 0.252. The predicted octanol–water partition coefficient (Wildman–Crippen LogP) is 4.83. The van der Waals surface area contributed by atoms with Crippen LogP contribution in [-0.2, 0) is 5.41 Å². The molecule has 1 N–H and O–H groups in total. The van der Waals surface area contributed by atoms with E-state index in [0.29, 0.717) is 42.3 Å². The number of hydrogen-bond donors (Lipinski definition) is 1. The van der Waals surface area contributed by atoms with E-state index in [1.54, 1.807) is 62.6 Å². The Morgan fingerprint density at radius 1 is 1.23 bits per heavy atom. The maximum absolute atomic E-state index is 14.4. The lowest BCUT2D eigenvalue weighted by Gasteiger charge is -2.28. The van der Waals surface area contributed by atoms with Crippen molar-refractivity contribution in [1.82, 2.24) is 9.88 Å². The fourth-order valence-electron chi connectivity index (χ4n) is 3.97. The molecule has 0 saturated carbocycles. The number of urea groups is 1. The van der Waals surface area contributed by atoms with Crippen LogP contribution in [0.25, 0.3) is 0 Å². The van der Waals surface area contributed by atoms with Gasteiger partial charge in [0.05, 0.1) is 25.3 Å². The molecular weight excluding hydrogens is 417 g/mol. The molecule has 1 aliphatic rings. The average Bonchev–Trinajstić information content (AvgIpc) is 3.46. The topological polar surface area (TPSA) is 63.7 Å². The summed E-state index contributed by atoms with van der Waals surface area (Å²) in [5.74, 6) is 0.905. The molecule has 2 heterocycles. The molecule has 0 unspecified atom stereocenters. The van der Waals surface area contributed by atoms with E-state index in [2.05, 4.69) is 10.3 Å². The van der Waals surface area contributed by atoms with Gasteiger partial charge in [-0.15, -0.1) is 11.3 Å². The van der Waals surface area contributed by atoms with Crippen molar-refractivity contribution in [2.75, 3.05) is 32.6 Å². The van der Waals surface area contributed by atoms with Crippen LogP contribution in [-0.4, -0.2) is 43.2 Å². The zero-order valence-corrected chi connectivity index (χ0v) is 18.5. The predicted molar refractivity (Wildman–Crippen MR) is 119 cm³/mol. The number of halogens is 1. The minimum atomic E-state index is -0.543. The molecular formula is C23H24FN3O3S. The third kappa shape index (κ3) is 3.95. The van der Waals surface area contributed by atoms with Crippen LogP contribution < -0.4 is 14.8 Å². The summed E-state index contributed by atoms with van der Waals surface area (Å²) < 4.78 is 25.0. The number of thiazole rings is 1. The molecule has 1 fully saturated rings. The van der Waals surface area contributed by atoms with E-state index in [0.717, 1.165) is 10.6 Å².